The van der Waals surface area contributed by atoms with Crippen LogP contribution in [-0.4, -0.2) is 31.0 Å². The number of likely N-dealkylation sites (N-methyl/N-ethyl adjacent to an activating group) is 1. The topological polar surface area (TPSA) is 69.6 Å². The molecule has 1 aliphatic heterocycles. The summed E-state index contributed by atoms with van der Waals surface area (Å²) >= 11 is 0. The van der Waals surface area contributed by atoms with Crippen molar-refractivity contribution < 1.29 is 14.7 Å². The van der Waals surface area contributed by atoms with Crippen molar-refractivity contribution in [1.29, 1.82) is 0 Å². The van der Waals surface area contributed by atoms with E-state index in [1.807, 2.05) is 0 Å². The minimum atomic E-state index is -1.74. The van der Waals surface area contributed by atoms with Gasteiger partial charge in [-0.05, 0) is 6.07 Å². The molecule has 2 rings (SSSR count). The van der Waals surface area contributed by atoms with Gasteiger partial charge in [0.15, 0.2) is 5.60 Å². The van der Waals surface area contributed by atoms with Crippen LogP contribution in [-0.2, 0) is 15.2 Å². The zero-order chi connectivity index (χ0) is 12.6. The lowest BCUT2D eigenvalue weighted by molar-refractivity contribution is -0.142. The molecule has 1 aromatic rings. The summed E-state index contributed by atoms with van der Waals surface area (Å²) in [6.07, 6.45) is -0.260. The zero-order valence-corrected chi connectivity index (χ0v) is 9.73. The van der Waals surface area contributed by atoms with Gasteiger partial charge in [0.1, 0.15) is 0 Å². The molecule has 2 N–H and O–H groups in total. The number of nitrogens with zero attached hydrogens (tertiary/aromatic N) is 1. The monoisotopic (exact) mass is 234 g/mol. The van der Waals surface area contributed by atoms with Gasteiger partial charge in [-0.1, -0.05) is 18.2 Å². The molecule has 1 atom stereocenters. The highest BCUT2D eigenvalue weighted by molar-refractivity contribution is 6.08. The third-order valence-electron chi connectivity index (χ3n) is 3.06. The molecular weight excluding hydrogens is 220 g/mol. The predicted molar refractivity (Wildman–Crippen MR) is 62.4 cm³/mol. The van der Waals surface area contributed by atoms with E-state index in [1.54, 1.807) is 31.3 Å². The summed E-state index contributed by atoms with van der Waals surface area (Å²) < 4.78 is 0. The molecule has 2 amide bonds. The first-order chi connectivity index (χ1) is 8.00. The number of aliphatic hydroxyl groups is 1. The molecule has 0 aromatic heterocycles. The Bertz CT molecular complexity index is 486. The van der Waals surface area contributed by atoms with E-state index >= 15 is 0 Å². The van der Waals surface area contributed by atoms with E-state index < -0.39 is 11.5 Å². The Kier molecular flexibility index (Phi) is 2.63. The van der Waals surface area contributed by atoms with Gasteiger partial charge in [0.2, 0.25) is 5.91 Å². The number of amides is 2. The number of nitrogens with one attached hydrogen (secondary N) is 1. The fourth-order valence-corrected chi connectivity index (χ4v) is 2.11. The van der Waals surface area contributed by atoms with E-state index in [2.05, 4.69) is 5.32 Å². The van der Waals surface area contributed by atoms with E-state index in [0.29, 0.717) is 11.3 Å². The average molecular weight is 234 g/mol. The molecule has 0 fully saturated rings. The van der Waals surface area contributed by atoms with Gasteiger partial charge in [0.25, 0.3) is 5.91 Å². The van der Waals surface area contributed by atoms with E-state index in [4.69, 9.17) is 0 Å². The summed E-state index contributed by atoms with van der Waals surface area (Å²) in [6, 6.07) is 6.93. The Morgan fingerprint density at radius 2 is 2.12 bits per heavy atom. The van der Waals surface area contributed by atoms with E-state index in [-0.39, 0.29) is 12.3 Å². The van der Waals surface area contributed by atoms with Gasteiger partial charge in [-0.3, -0.25) is 9.59 Å². The Morgan fingerprint density at radius 1 is 1.47 bits per heavy atom. The van der Waals surface area contributed by atoms with E-state index in [1.165, 1.54) is 11.9 Å². The largest absolute Gasteiger partial charge is 0.375 e. The molecule has 1 aliphatic rings. The number of hydrogen-bond acceptors (Lipinski definition) is 3. The number of anilines is 1. The summed E-state index contributed by atoms with van der Waals surface area (Å²) in [7, 11) is 3.06. The standard InChI is InChI=1S/C12H14N2O3/c1-13-10(15)7-12(17)8-5-3-4-6-9(8)14(2)11(12)16/h3-6,17H,7H2,1-2H3,(H,13,15). The first-order valence-corrected chi connectivity index (χ1v) is 5.31. The Labute approximate surface area is 99.0 Å². The summed E-state index contributed by atoms with van der Waals surface area (Å²) in [5, 5.41) is 12.8. The minimum Gasteiger partial charge on any atom is -0.375 e. The molecule has 90 valence electrons. The molecule has 17 heavy (non-hydrogen) atoms. The number of rotatable bonds is 2. The maximum Gasteiger partial charge on any atom is 0.263 e. The van der Waals surface area contributed by atoms with Gasteiger partial charge in [0, 0.05) is 19.7 Å². The SMILES string of the molecule is CNC(=O)CC1(O)C(=O)N(C)c2ccccc21. The molecule has 0 bridgehead atoms. The van der Waals surface area contributed by atoms with Crippen molar-refractivity contribution in [2.75, 3.05) is 19.0 Å². The van der Waals surface area contributed by atoms with Crippen LogP contribution in [0.3, 0.4) is 0 Å². The van der Waals surface area contributed by atoms with Gasteiger partial charge in [-0.15, -0.1) is 0 Å². The second-order valence-corrected chi connectivity index (χ2v) is 4.09. The average Bonchev–Trinajstić information content (AvgIpc) is 2.53. The van der Waals surface area contributed by atoms with Crippen LogP contribution in [0.5, 0.6) is 0 Å². The third-order valence-corrected chi connectivity index (χ3v) is 3.06. The van der Waals surface area contributed by atoms with Crippen molar-refractivity contribution in [2.45, 2.75) is 12.0 Å². The van der Waals surface area contributed by atoms with Crippen LogP contribution in [0, 0.1) is 0 Å². The zero-order valence-electron chi connectivity index (χ0n) is 9.73. The van der Waals surface area contributed by atoms with Crippen LogP contribution in [0.25, 0.3) is 0 Å². The molecule has 1 unspecified atom stereocenters. The molecule has 5 nitrogen and oxygen atoms in total. The van der Waals surface area contributed by atoms with Crippen molar-refractivity contribution in [2.24, 2.45) is 0 Å². The second kappa shape index (κ2) is 3.85. The van der Waals surface area contributed by atoms with Crippen LogP contribution in [0.2, 0.25) is 0 Å². The van der Waals surface area contributed by atoms with Crippen molar-refractivity contribution in [1.82, 2.24) is 5.32 Å². The fourth-order valence-electron chi connectivity index (χ4n) is 2.11. The number of carbonyl (C=O) groups excluding carboxylic acids is 2. The van der Waals surface area contributed by atoms with Crippen LogP contribution >= 0.6 is 0 Å². The molecule has 0 spiro atoms. The Balaban J connectivity index is 2.48. The highest BCUT2D eigenvalue weighted by Gasteiger charge is 2.49. The maximum atomic E-state index is 12.0. The Morgan fingerprint density at radius 3 is 2.76 bits per heavy atom. The van der Waals surface area contributed by atoms with Crippen LogP contribution in [0.4, 0.5) is 5.69 Å². The third kappa shape index (κ3) is 1.59. The van der Waals surface area contributed by atoms with Gasteiger partial charge in [0.05, 0.1) is 12.1 Å². The number of benzene rings is 1. The molecule has 1 aromatic carbocycles. The lowest BCUT2D eigenvalue weighted by Crippen LogP contribution is -2.42. The summed E-state index contributed by atoms with van der Waals surface area (Å²) in [6.45, 7) is 0. The molecule has 5 heteroatoms. The highest BCUT2D eigenvalue weighted by atomic mass is 16.3. The lowest BCUT2D eigenvalue weighted by Gasteiger charge is -2.20. The maximum absolute atomic E-state index is 12.0. The molecule has 0 saturated heterocycles. The fraction of sp³-hybridized carbons (Fsp3) is 0.333. The molecule has 1 heterocycles. The van der Waals surface area contributed by atoms with E-state index in [9.17, 15) is 14.7 Å². The normalized spacial score (nSPS) is 22.5. The van der Waals surface area contributed by atoms with Gasteiger partial charge < -0.3 is 15.3 Å². The second-order valence-electron chi connectivity index (χ2n) is 4.09. The van der Waals surface area contributed by atoms with E-state index in [0.717, 1.165) is 0 Å². The quantitative estimate of drug-likeness (QED) is 0.756. The smallest absolute Gasteiger partial charge is 0.263 e. The molecule has 0 radical (unpaired) electrons. The highest BCUT2D eigenvalue weighted by Crippen LogP contribution is 2.41. The lowest BCUT2D eigenvalue weighted by atomic mass is 9.91. The number of hydrogen-bond donors (Lipinski definition) is 2. The van der Waals surface area contributed by atoms with Gasteiger partial charge in [-0.25, -0.2) is 0 Å². The summed E-state index contributed by atoms with van der Waals surface area (Å²) in [5.74, 6) is -0.840. The summed E-state index contributed by atoms with van der Waals surface area (Å²) in [5.41, 5.74) is -0.620. The van der Waals surface area contributed by atoms with Crippen molar-refractivity contribution in [3.05, 3.63) is 29.8 Å². The van der Waals surface area contributed by atoms with Crippen molar-refractivity contribution in [3.8, 4) is 0 Å². The van der Waals surface area contributed by atoms with Crippen LogP contribution < -0.4 is 10.2 Å². The van der Waals surface area contributed by atoms with Crippen LogP contribution in [0.15, 0.2) is 24.3 Å². The summed E-state index contributed by atoms with van der Waals surface area (Å²) in [4.78, 5) is 24.8. The predicted octanol–water partition coefficient (Wildman–Crippen LogP) is -0.0133. The molecular formula is C12H14N2O3. The molecule has 0 saturated carbocycles. The first kappa shape index (κ1) is 11.6. The number of fused-ring (bicyclic) bond motifs is 1. The first-order valence-electron chi connectivity index (χ1n) is 5.31. The minimum absolute atomic E-state index is 0.260. The number of para-hydroxylation sites is 1. The van der Waals surface area contributed by atoms with Crippen molar-refractivity contribution >= 4 is 17.5 Å². The van der Waals surface area contributed by atoms with Crippen molar-refractivity contribution in [3.63, 3.8) is 0 Å². The van der Waals surface area contributed by atoms with Gasteiger partial charge >= 0.3 is 0 Å². The molecule has 0 aliphatic carbocycles. The number of carbonyl (C=O) groups is 2. The van der Waals surface area contributed by atoms with Gasteiger partial charge in [-0.2, -0.15) is 0 Å². The Hall–Kier alpha value is -1.88. The van der Waals surface area contributed by atoms with Crippen LogP contribution in [0.1, 0.15) is 12.0 Å².